The van der Waals surface area contributed by atoms with Crippen LogP contribution < -0.4 is 5.32 Å². The number of fused-ring (bicyclic) bond motifs is 1. The van der Waals surface area contributed by atoms with Gasteiger partial charge in [0.1, 0.15) is 5.76 Å². The summed E-state index contributed by atoms with van der Waals surface area (Å²) in [7, 11) is 0. The van der Waals surface area contributed by atoms with Gasteiger partial charge in [0.05, 0.1) is 5.52 Å². The summed E-state index contributed by atoms with van der Waals surface area (Å²) in [5.41, 5.74) is 2.22. The van der Waals surface area contributed by atoms with E-state index >= 15 is 0 Å². The molecule has 2 heterocycles. The highest BCUT2D eigenvalue weighted by molar-refractivity contribution is 7.71. The molecule has 1 amide bonds. The number of nitrogens with one attached hydrogen (secondary N) is 2. The Balaban J connectivity index is 1.91. The Morgan fingerprint density at radius 3 is 3.05 bits per heavy atom. The van der Waals surface area contributed by atoms with Crippen molar-refractivity contribution in [3.63, 3.8) is 0 Å². The summed E-state index contributed by atoms with van der Waals surface area (Å²) in [6.45, 7) is 1.68. The molecule has 2 aromatic heterocycles. The Bertz CT molecular complexity index is 815. The zero-order valence-electron chi connectivity index (χ0n) is 9.89. The van der Waals surface area contributed by atoms with Crippen LogP contribution >= 0.6 is 12.2 Å². The molecule has 0 aliphatic heterocycles. The first-order valence-electron chi connectivity index (χ1n) is 5.48. The Kier molecular flexibility index (Phi) is 2.68. The first kappa shape index (κ1) is 11.7. The molecule has 0 bridgehead atoms. The molecule has 0 saturated heterocycles. The lowest BCUT2D eigenvalue weighted by Gasteiger charge is -2.02. The van der Waals surface area contributed by atoms with Crippen molar-refractivity contribution in [3.05, 3.63) is 40.9 Å². The van der Waals surface area contributed by atoms with E-state index in [1.165, 1.54) is 6.39 Å². The van der Waals surface area contributed by atoms with Crippen molar-refractivity contribution in [2.45, 2.75) is 6.92 Å². The third-order valence-corrected chi connectivity index (χ3v) is 2.82. The zero-order valence-corrected chi connectivity index (χ0v) is 10.7. The van der Waals surface area contributed by atoms with Crippen LogP contribution in [0.3, 0.4) is 0 Å². The Hall–Kier alpha value is -2.41. The number of nitrogens with zero attached hydrogens (tertiary/aromatic N) is 1. The molecule has 0 aliphatic rings. The van der Waals surface area contributed by atoms with Crippen molar-refractivity contribution in [1.29, 1.82) is 0 Å². The topological polar surface area (TPSA) is 84.1 Å². The highest BCUT2D eigenvalue weighted by Gasteiger charge is 2.13. The molecule has 0 saturated carbocycles. The number of hydrogen-bond acceptors (Lipinski definition) is 5. The molecule has 0 atom stereocenters. The number of aromatic nitrogens is 2. The number of hydrogen-bond donors (Lipinski definition) is 2. The molecule has 3 rings (SSSR count). The largest absolute Gasteiger partial charge is 0.448 e. The second-order valence-corrected chi connectivity index (χ2v) is 4.31. The van der Waals surface area contributed by atoms with Gasteiger partial charge in [-0.2, -0.15) is 0 Å². The number of rotatable bonds is 2. The summed E-state index contributed by atoms with van der Waals surface area (Å²) in [5, 5.41) is 2.72. The number of amides is 1. The number of anilines is 1. The van der Waals surface area contributed by atoms with Gasteiger partial charge < -0.3 is 19.1 Å². The zero-order chi connectivity index (χ0) is 13.4. The minimum atomic E-state index is -0.334. The van der Waals surface area contributed by atoms with Gasteiger partial charge in [0.15, 0.2) is 17.7 Å². The third kappa shape index (κ3) is 2.15. The average molecular weight is 275 g/mol. The highest BCUT2D eigenvalue weighted by Crippen LogP contribution is 2.19. The first-order valence-corrected chi connectivity index (χ1v) is 5.88. The Morgan fingerprint density at radius 2 is 2.32 bits per heavy atom. The van der Waals surface area contributed by atoms with Gasteiger partial charge in [-0.05, 0) is 31.3 Å². The number of aryl methyl sites for hydroxylation is 1. The summed E-state index contributed by atoms with van der Waals surface area (Å²) in [6.07, 6.45) is 1.23. The van der Waals surface area contributed by atoms with Crippen molar-refractivity contribution >= 4 is 34.9 Å². The predicted octanol–water partition coefficient (Wildman–Crippen LogP) is 3.04. The van der Waals surface area contributed by atoms with Gasteiger partial charge in [-0.1, -0.05) is 0 Å². The molecular weight excluding hydrogens is 266 g/mol. The van der Waals surface area contributed by atoms with Crippen LogP contribution in [-0.4, -0.2) is 15.9 Å². The SMILES string of the molecule is Cc1ocnc1C(=O)Nc1ccc2[nH]c(=S)oc2c1. The van der Waals surface area contributed by atoms with Crippen molar-refractivity contribution in [1.82, 2.24) is 9.97 Å². The maximum atomic E-state index is 11.9. The van der Waals surface area contributed by atoms with Crippen molar-refractivity contribution in [2.24, 2.45) is 0 Å². The molecule has 6 nitrogen and oxygen atoms in total. The first-order chi connectivity index (χ1) is 9.13. The number of carbonyl (C=O) groups is 1. The predicted molar refractivity (Wildman–Crippen MR) is 70.6 cm³/mol. The maximum absolute atomic E-state index is 11.9. The lowest BCUT2D eigenvalue weighted by molar-refractivity contribution is 0.102. The fraction of sp³-hybridized carbons (Fsp3) is 0.0833. The number of oxazole rings is 2. The van der Waals surface area contributed by atoms with Gasteiger partial charge in [0.2, 0.25) is 0 Å². The molecule has 0 fully saturated rings. The van der Waals surface area contributed by atoms with Crippen LogP contribution in [0.1, 0.15) is 16.2 Å². The molecule has 0 unspecified atom stereocenters. The van der Waals surface area contributed by atoms with Crippen LogP contribution in [0.15, 0.2) is 33.4 Å². The van der Waals surface area contributed by atoms with Gasteiger partial charge in [0, 0.05) is 11.8 Å². The smallest absolute Gasteiger partial charge is 0.277 e. The number of aromatic amines is 1. The van der Waals surface area contributed by atoms with Crippen LogP contribution in [0.25, 0.3) is 11.1 Å². The maximum Gasteiger partial charge on any atom is 0.277 e. The van der Waals surface area contributed by atoms with Crippen LogP contribution in [-0.2, 0) is 0 Å². The van der Waals surface area contributed by atoms with Gasteiger partial charge in [-0.15, -0.1) is 0 Å². The van der Waals surface area contributed by atoms with E-state index in [2.05, 4.69) is 15.3 Å². The fourth-order valence-corrected chi connectivity index (χ4v) is 1.94. The molecule has 2 N–H and O–H groups in total. The van der Waals surface area contributed by atoms with E-state index in [0.717, 1.165) is 5.52 Å². The summed E-state index contributed by atoms with van der Waals surface area (Å²) in [5.74, 6) is 0.137. The van der Waals surface area contributed by atoms with E-state index in [9.17, 15) is 4.79 Å². The number of H-pyrrole nitrogens is 1. The van der Waals surface area contributed by atoms with E-state index in [1.54, 1.807) is 25.1 Å². The van der Waals surface area contributed by atoms with Gasteiger partial charge in [-0.3, -0.25) is 4.79 Å². The molecule has 0 radical (unpaired) electrons. The third-order valence-electron chi connectivity index (χ3n) is 2.64. The van der Waals surface area contributed by atoms with E-state index < -0.39 is 0 Å². The highest BCUT2D eigenvalue weighted by atomic mass is 32.1. The van der Waals surface area contributed by atoms with Crippen molar-refractivity contribution in [3.8, 4) is 0 Å². The second kappa shape index (κ2) is 4.36. The van der Waals surface area contributed by atoms with Gasteiger partial charge >= 0.3 is 0 Å². The monoisotopic (exact) mass is 275 g/mol. The van der Waals surface area contributed by atoms with Crippen LogP contribution in [0.2, 0.25) is 0 Å². The number of benzene rings is 1. The van der Waals surface area contributed by atoms with Crippen LogP contribution in [0, 0.1) is 11.8 Å². The molecule has 96 valence electrons. The Labute approximate surface area is 112 Å². The normalized spacial score (nSPS) is 10.8. The summed E-state index contributed by atoms with van der Waals surface area (Å²) in [4.78, 5) is 19.0. The summed E-state index contributed by atoms with van der Waals surface area (Å²) < 4.78 is 10.3. The number of carbonyl (C=O) groups excluding carboxylic acids is 1. The van der Waals surface area contributed by atoms with Crippen LogP contribution in [0.4, 0.5) is 5.69 Å². The molecule has 1 aromatic carbocycles. The van der Waals surface area contributed by atoms with Crippen molar-refractivity contribution < 1.29 is 13.6 Å². The lowest BCUT2D eigenvalue weighted by atomic mass is 10.2. The van der Waals surface area contributed by atoms with E-state index in [4.69, 9.17) is 21.1 Å². The molecule has 0 spiro atoms. The van der Waals surface area contributed by atoms with Gasteiger partial charge in [0.25, 0.3) is 10.7 Å². The lowest BCUT2D eigenvalue weighted by Crippen LogP contribution is -2.13. The standard InChI is InChI=1S/C12H9N3O3S/c1-6-10(13-5-17-6)11(16)14-7-2-3-8-9(4-7)18-12(19)15-8/h2-5H,1H3,(H,14,16)(H,15,19). The van der Waals surface area contributed by atoms with E-state index in [1.807, 2.05) is 0 Å². The van der Waals surface area contributed by atoms with Crippen molar-refractivity contribution in [2.75, 3.05) is 5.32 Å². The quantitative estimate of drug-likeness (QED) is 0.702. The molecule has 7 heteroatoms. The fourth-order valence-electron chi connectivity index (χ4n) is 1.74. The second-order valence-electron chi connectivity index (χ2n) is 3.94. The van der Waals surface area contributed by atoms with E-state index in [0.29, 0.717) is 21.9 Å². The average Bonchev–Trinajstić information content (AvgIpc) is 2.93. The summed E-state index contributed by atoms with van der Waals surface area (Å²) in [6, 6.07) is 5.21. The Morgan fingerprint density at radius 1 is 1.47 bits per heavy atom. The van der Waals surface area contributed by atoms with Gasteiger partial charge in [-0.25, -0.2) is 4.98 Å². The minimum absolute atomic E-state index is 0.259. The minimum Gasteiger partial charge on any atom is -0.448 e. The summed E-state index contributed by atoms with van der Waals surface area (Å²) >= 11 is 4.89. The molecular formula is C12H9N3O3S. The molecule has 19 heavy (non-hydrogen) atoms. The molecule has 0 aliphatic carbocycles. The van der Waals surface area contributed by atoms with E-state index in [-0.39, 0.29) is 11.6 Å². The van der Waals surface area contributed by atoms with Crippen LogP contribution in [0.5, 0.6) is 0 Å². The molecule has 3 aromatic rings.